The van der Waals surface area contributed by atoms with Crippen LogP contribution in [-0.2, 0) is 9.53 Å². The van der Waals surface area contributed by atoms with Crippen molar-refractivity contribution in [2.24, 2.45) is 11.8 Å². The number of carbonyl (C=O) groups is 2. The van der Waals surface area contributed by atoms with Gasteiger partial charge in [-0.15, -0.1) is 0 Å². The molecular formula is C13H21NO4. The number of hydrogen-bond donors (Lipinski definition) is 1. The second-order valence-electron chi connectivity index (χ2n) is 6.27. The van der Waals surface area contributed by atoms with E-state index in [0.29, 0.717) is 12.5 Å². The molecule has 0 spiro atoms. The Morgan fingerprint density at radius 2 is 1.94 bits per heavy atom. The highest BCUT2D eigenvalue weighted by Crippen LogP contribution is 2.42. The lowest BCUT2D eigenvalue weighted by molar-refractivity contribution is -0.143. The Morgan fingerprint density at radius 1 is 1.28 bits per heavy atom. The fourth-order valence-corrected chi connectivity index (χ4v) is 3.13. The molecule has 18 heavy (non-hydrogen) atoms. The van der Waals surface area contributed by atoms with Crippen LogP contribution in [-0.4, -0.2) is 40.3 Å². The van der Waals surface area contributed by atoms with E-state index < -0.39 is 23.7 Å². The van der Waals surface area contributed by atoms with Gasteiger partial charge in [-0.25, -0.2) is 9.59 Å². The third-order valence-electron chi connectivity index (χ3n) is 3.77. The highest BCUT2D eigenvalue weighted by Gasteiger charge is 2.50. The molecule has 2 rings (SSSR count). The number of amides is 1. The SMILES string of the molecule is CC(C)(C)OC(=O)N1C[C@H]2CCC[C@H]2C1C(=O)O. The summed E-state index contributed by atoms with van der Waals surface area (Å²) >= 11 is 0. The van der Waals surface area contributed by atoms with Crippen molar-refractivity contribution in [1.29, 1.82) is 0 Å². The zero-order chi connectivity index (χ0) is 13.5. The molecule has 0 aromatic carbocycles. The van der Waals surface area contributed by atoms with Gasteiger partial charge in [0.2, 0.25) is 0 Å². The van der Waals surface area contributed by atoms with Crippen LogP contribution in [0.15, 0.2) is 0 Å². The van der Waals surface area contributed by atoms with Crippen LogP contribution in [0.1, 0.15) is 40.0 Å². The van der Waals surface area contributed by atoms with E-state index in [1.54, 1.807) is 20.8 Å². The van der Waals surface area contributed by atoms with E-state index in [-0.39, 0.29) is 5.92 Å². The molecule has 1 heterocycles. The number of carboxylic acids is 1. The number of carboxylic acid groups (broad SMARTS) is 1. The van der Waals surface area contributed by atoms with E-state index in [4.69, 9.17) is 4.74 Å². The Kier molecular flexibility index (Phi) is 3.25. The lowest BCUT2D eigenvalue weighted by Crippen LogP contribution is -2.45. The Morgan fingerprint density at radius 3 is 2.50 bits per heavy atom. The molecule has 0 aromatic rings. The number of rotatable bonds is 1. The molecule has 5 heteroatoms. The zero-order valence-corrected chi connectivity index (χ0v) is 11.2. The summed E-state index contributed by atoms with van der Waals surface area (Å²) in [6.45, 7) is 5.89. The number of nitrogens with zero attached hydrogens (tertiary/aromatic N) is 1. The number of hydrogen-bond acceptors (Lipinski definition) is 3. The molecule has 1 unspecified atom stereocenters. The van der Waals surface area contributed by atoms with Gasteiger partial charge in [-0.05, 0) is 45.4 Å². The molecule has 1 amide bonds. The summed E-state index contributed by atoms with van der Waals surface area (Å²) in [6.07, 6.45) is 2.50. The summed E-state index contributed by atoms with van der Waals surface area (Å²) in [5.74, 6) is -0.469. The van der Waals surface area contributed by atoms with Crippen LogP contribution in [0.5, 0.6) is 0 Å². The molecule has 0 aromatic heterocycles. The summed E-state index contributed by atoms with van der Waals surface area (Å²) in [7, 11) is 0. The van der Waals surface area contributed by atoms with Gasteiger partial charge in [0.15, 0.2) is 0 Å². The third-order valence-corrected chi connectivity index (χ3v) is 3.77. The van der Waals surface area contributed by atoms with Crippen molar-refractivity contribution in [3.8, 4) is 0 Å². The second-order valence-corrected chi connectivity index (χ2v) is 6.27. The average molecular weight is 255 g/mol. The largest absolute Gasteiger partial charge is 0.480 e. The molecule has 1 aliphatic heterocycles. The van der Waals surface area contributed by atoms with Crippen LogP contribution < -0.4 is 0 Å². The van der Waals surface area contributed by atoms with E-state index in [9.17, 15) is 14.7 Å². The molecule has 5 nitrogen and oxygen atoms in total. The number of aliphatic carboxylic acids is 1. The fourth-order valence-electron chi connectivity index (χ4n) is 3.13. The molecule has 1 saturated heterocycles. The van der Waals surface area contributed by atoms with Gasteiger partial charge in [-0.1, -0.05) is 6.42 Å². The highest BCUT2D eigenvalue weighted by atomic mass is 16.6. The minimum Gasteiger partial charge on any atom is -0.480 e. The Bertz CT molecular complexity index is 360. The Balaban J connectivity index is 2.12. The van der Waals surface area contributed by atoms with Crippen LogP contribution >= 0.6 is 0 Å². The van der Waals surface area contributed by atoms with Crippen LogP contribution in [0.4, 0.5) is 4.79 Å². The minimum atomic E-state index is -0.907. The fraction of sp³-hybridized carbons (Fsp3) is 0.846. The van der Waals surface area contributed by atoms with Crippen molar-refractivity contribution < 1.29 is 19.4 Å². The summed E-state index contributed by atoms with van der Waals surface area (Å²) in [4.78, 5) is 24.8. The van der Waals surface area contributed by atoms with Crippen LogP contribution in [0.25, 0.3) is 0 Å². The van der Waals surface area contributed by atoms with Crippen molar-refractivity contribution in [2.45, 2.75) is 51.7 Å². The second kappa shape index (κ2) is 4.44. The summed E-state index contributed by atoms with van der Waals surface area (Å²) in [6, 6.07) is -0.702. The van der Waals surface area contributed by atoms with Gasteiger partial charge in [0, 0.05) is 6.54 Å². The number of fused-ring (bicyclic) bond motifs is 1. The van der Waals surface area contributed by atoms with E-state index in [0.717, 1.165) is 19.3 Å². The molecule has 1 aliphatic carbocycles. The van der Waals surface area contributed by atoms with Gasteiger partial charge in [0.05, 0.1) is 0 Å². The number of likely N-dealkylation sites (tertiary alicyclic amines) is 1. The quantitative estimate of drug-likeness (QED) is 0.779. The molecule has 0 bridgehead atoms. The monoisotopic (exact) mass is 255 g/mol. The maximum Gasteiger partial charge on any atom is 0.411 e. The smallest absolute Gasteiger partial charge is 0.411 e. The molecule has 1 saturated carbocycles. The molecule has 102 valence electrons. The van der Waals surface area contributed by atoms with Crippen molar-refractivity contribution in [3.05, 3.63) is 0 Å². The predicted octanol–water partition coefficient (Wildman–Crippen LogP) is 2.11. The van der Waals surface area contributed by atoms with Gasteiger partial charge in [-0.3, -0.25) is 4.90 Å². The minimum absolute atomic E-state index is 0.106. The molecule has 2 fully saturated rings. The Labute approximate surface area is 107 Å². The van der Waals surface area contributed by atoms with E-state index >= 15 is 0 Å². The van der Waals surface area contributed by atoms with Gasteiger partial charge < -0.3 is 9.84 Å². The molecule has 3 atom stereocenters. The normalized spacial score (nSPS) is 31.3. The predicted molar refractivity (Wildman–Crippen MR) is 65.2 cm³/mol. The number of carbonyl (C=O) groups excluding carboxylic acids is 1. The molecule has 1 N–H and O–H groups in total. The van der Waals surface area contributed by atoms with Crippen molar-refractivity contribution in [1.82, 2.24) is 4.90 Å². The van der Waals surface area contributed by atoms with Gasteiger partial charge in [-0.2, -0.15) is 0 Å². The first kappa shape index (κ1) is 13.2. The first-order valence-corrected chi connectivity index (χ1v) is 6.52. The summed E-state index contributed by atoms with van der Waals surface area (Å²) in [5.41, 5.74) is -0.585. The number of ether oxygens (including phenoxy) is 1. The van der Waals surface area contributed by atoms with E-state index in [2.05, 4.69) is 0 Å². The van der Waals surface area contributed by atoms with Crippen LogP contribution in [0, 0.1) is 11.8 Å². The highest BCUT2D eigenvalue weighted by molar-refractivity contribution is 5.81. The van der Waals surface area contributed by atoms with Gasteiger partial charge in [0.1, 0.15) is 11.6 Å². The first-order valence-electron chi connectivity index (χ1n) is 6.52. The molecule has 0 radical (unpaired) electrons. The van der Waals surface area contributed by atoms with Crippen molar-refractivity contribution in [2.75, 3.05) is 6.54 Å². The van der Waals surface area contributed by atoms with Gasteiger partial charge >= 0.3 is 12.1 Å². The lowest BCUT2D eigenvalue weighted by atomic mass is 9.94. The van der Waals surface area contributed by atoms with Crippen molar-refractivity contribution >= 4 is 12.1 Å². The van der Waals surface area contributed by atoms with Crippen LogP contribution in [0.2, 0.25) is 0 Å². The first-order chi connectivity index (χ1) is 8.29. The standard InChI is InChI=1S/C13H21NO4/c1-13(2,3)18-12(17)14-7-8-5-4-6-9(8)10(14)11(15)16/h8-10H,4-7H2,1-3H3,(H,15,16)/t8-,9-,10?/m1/s1. The maximum atomic E-state index is 12.0. The maximum absolute atomic E-state index is 12.0. The van der Waals surface area contributed by atoms with Crippen molar-refractivity contribution in [3.63, 3.8) is 0 Å². The molecule has 2 aliphatic rings. The van der Waals surface area contributed by atoms with E-state index in [1.165, 1.54) is 4.90 Å². The summed E-state index contributed by atoms with van der Waals surface area (Å²) in [5, 5.41) is 9.33. The summed E-state index contributed by atoms with van der Waals surface area (Å²) < 4.78 is 5.29. The van der Waals surface area contributed by atoms with E-state index in [1.807, 2.05) is 0 Å². The Hall–Kier alpha value is -1.26. The third kappa shape index (κ3) is 2.44. The van der Waals surface area contributed by atoms with Gasteiger partial charge in [0.25, 0.3) is 0 Å². The zero-order valence-electron chi connectivity index (χ0n) is 11.2. The lowest BCUT2D eigenvalue weighted by Gasteiger charge is -2.28. The molecular weight excluding hydrogens is 234 g/mol. The van der Waals surface area contributed by atoms with Crippen LogP contribution in [0.3, 0.4) is 0 Å². The average Bonchev–Trinajstić information content (AvgIpc) is 2.70. The topological polar surface area (TPSA) is 66.8 Å².